The van der Waals surface area contributed by atoms with E-state index in [-0.39, 0.29) is 11.4 Å². The van der Waals surface area contributed by atoms with Crippen LogP contribution in [0.25, 0.3) is 0 Å². The van der Waals surface area contributed by atoms with Gasteiger partial charge < -0.3 is 5.73 Å². The molecule has 0 bridgehead atoms. The lowest BCUT2D eigenvalue weighted by Crippen LogP contribution is -2.23. The van der Waals surface area contributed by atoms with Crippen molar-refractivity contribution in [2.45, 2.75) is 17.1 Å². The minimum atomic E-state index is -3.53. The molecule has 0 heterocycles. The third-order valence-electron chi connectivity index (χ3n) is 3.27. The lowest BCUT2D eigenvalue weighted by Gasteiger charge is -2.18. The van der Waals surface area contributed by atoms with Crippen molar-refractivity contribution >= 4 is 21.4 Å². The summed E-state index contributed by atoms with van der Waals surface area (Å²) in [6.07, 6.45) is 0. The molecular weight excluding hydrogens is 294 g/mol. The van der Waals surface area contributed by atoms with Crippen LogP contribution < -0.4 is 5.73 Å². The fourth-order valence-electron chi connectivity index (χ4n) is 2.16. The van der Waals surface area contributed by atoms with E-state index in [4.69, 9.17) is 17.3 Å². The van der Waals surface area contributed by atoms with Gasteiger partial charge in [-0.3, -0.25) is 0 Å². The first-order chi connectivity index (χ1) is 9.46. The molecule has 1 unspecified atom stereocenters. The zero-order valence-corrected chi connectivity index (χ0v) is 12.7. The number of hydrogen-bond donors (Lipinski definition) is 1. The molecule has 1 atom stereocenters. The second kappa shape index (κ2) is 5.95. The highest BCUT2D eigenvalue weighted by molar-refractivity contribution is 7.91. The van der Waals surface area contributed by atoms with E-state index in [1.165, 1.54) is 12.1 Å². The number of rotatable bonds is 4. The summed E-state index contributed by atoms with van der Waals surface area (Å²) in [6.45, 7) is 1.92. The zero-order chi connectivity index (χ0) is 14.8. The molecule has 0 saturated carbocycles. The molecule has 2 aromatic carbocycles. The summed E-state index contributed by atoms with van der Waals surface area (Å²) >= 11 is 5.80. The van der Waals surface area contributed by atoms with Gasteiger partial charge >= 0.3 is 0 Å². The van der Waals surface area contributed by atoms with Crippen LogP contribution in [0.4, 0.5) is 0 Å². The van der Waals surface area contributed by atoms with E-state index < -0.39 is 15.1 Å². The predicted octanol–water partition coefficient (Wildman–Crippen LogP) is 3.12. The topological polar surface area (TPSA) is 60.2 Å². The lowest BCUT2D eigenvalue weighted by molar-refractivity contribution is 0.582. The van der Waals surface area contributed by atoms with Crippen molar-refractivity contribution in [2.24, 2.45) is 5.73 Å². The van der Waals surface area contributed by atoms with Crippen LogP contribution in [0.2, 0.25) is 5.02 Å². The van der Waals surface area contributed by atoms with Crippen molar-refractivity contribution in [1.29, 1.82) is 0 Å². The molecule has 0 saturated heterocycles. The van der Waals surface area contributed by atoms with Crippen molar-refractivity contribution < 1.29 is 8.42 Å². The quantitative estimate of drug-likeness (QED) is 0.944. The van der Waals surface area contributed by atoms with E-state index >= 15 is 0 Å². The Labute approximate surface area is 124 Å². The maximum Gasteiger partial charge on any atom is 0.186 e. The molecule has 2 N–H and O–H groups in total. The van der Waals surface area contributed by atoms with Crippen molar-refractivity contribution in [3.8, 4) is 0 Å². The van der Waals surface area contributed by atoms with E-state index in [0.29, 0.717) is 5.02 Å². The summed E-state index contributed by atoms with van der Waals surface area (Å²) in [7, 11) is -3.53. The van der Waals surface area contributed by atoms with Crippen molar-refractivity contribution in [1.82, 2.24) is 0 Å². The van der Waals surface area contributed by atoms with Crippen molar-refractivity contribution in [3.63, 3.8) is 0 Å². The molecule has 0 radical (unpaired) electrons. The summed E-state index contributed by atoms with van der Waals surface area (Å²) < 4.78 is 25.4. The minimum absolute atomic E-state index is 0.0375. The molecule has 0 aromatic heterocycles. The van der Waals surface area contributed by atoms with E-state index in [2.05, 4.69) is 0 Å². The van der Waals surface area contributed by atoms with Crippen LogP contribution in [0.15, 0.2) is 53.4 Å². The van der Waals surface area contributed by atoms with Crippen LogP contribution >= 0.6 is 11.6 Å². The third kappa shape index (κ3) is 2.87. The average molecular weight is 310 g/mol. The summed E-state index contributed by atoms with van der Waals surface area (Å²) in [4.78, 5) is 0.237. The van der Waals surface area contributed by atoms with Crippen LogP contribution in [0.1, 0.15) is 16.4 Å². The zero-order valence-electron chi connectivity index (χ0n) is 11.1. The molecule has 2 rings (SSSR count). The second-order valence-corrected chi connectivity index (χ2v) is 7.15. The van der Waals surface area contributed by atoms with E-state index in [0.717, 1.165) is 11.1 Å². The van der Waals surface area contributed by atoms with Crippen LogP contribution in [-0.2, 0) is 9.84 Å². The molecule has 0 spiro atoms. The number of nitrogens with two attached hydrogens (primary N) is 1. The SMILES string of the molecule is Cc1ccccc1C(CN)S(=O)(=O)c1ccc(Cl)cc1. The third-order valence-corrected chi connectivity index (χ3v) is 5.64. The fraction of sp³-hybridized carbons (Fsp3) is 0.200. The molecule has 106 valence electrons. The number of benzene rings is 2. The Balaban J connectivity index is 2.51. The first kappa shape index (κ1) is 15.0. The second-order valence-electron chi connectivity index (χ2n) is 4.58. The molecule has 2 aromatic rings. The van der Waals surface area contributed by atoms with Gasteiger partial charge in [0.2, 0.25) is 0 Å². The Morgan fingerprint density at radius 3 is 2.25 bits per heavy atom. The summed E-state index contributed by atoms with van der Waals surface area (Å²) in [5, 5.41) is -0.242. The van der Waals surface area contributed by atoms with Gasteiger partial charge in [0, 0.05) is 11.6 Å². The Bertz CT molecular complexity index is 696. The maximum absolute atomic E-state index is 12.7. The fourth-order valence-corrected chi connectivity index (χ4v) is 3.98. The van der Waals surface area contributed by atoms with Gasteiger partial charge in [0.25, 0.3) is 0 Å². The average Bonchev–Trinajstić information content (AvgIpc) is 2.42. The number of sulfone groups is 1. The monoisotopic (exact) mass is 309 g/mol. The van der Waals surface area contributed by atoms with Crippen molar-refractivity contribution in [2.75, 3.05) is 6.54 Å². The van der Waals surface area contributed by atoms with Crippen molar-refractivity contribution in [3.05, 3.63) is 64.7 Å². The molecular formula is C15H16ClNO2S. The molecule has 0 amide bonds. The lowest BCUT2D eigenvalue weighted by atomic mass is 10.1. The van der Waals surface area contributed by atoms with Gasteiger partial charge in [-0.2, -0.15) is 0 Å². The molecule has 20 heavy (non-hydrogen) atoms. The van der Waals surface area contributed by atoms with Crippen LogP contribution in [0.5, 0.6) is 0 Å². The Morgan fingerprint density at radius 2 is 1.70 bits per heavy atom. The van der Waals surface area contributed by atoms with E-state index in [1.54, 1.807) is 18.2 Å². The summed E-state index contributed by atoms with van der Waals surface area (Å²) in [5.41, 5.74) is 7.38. The molecule has 3 nitrogen and oxygen atoms in total. The first-order valence-electron chi connectivity index (χ1n) is 6.22. The molecule has 5 heteroatoms. The molecule has 0 aliphatic carbocycles. The Kier molecular flexibility index (Phi) is 4.48. The predicted molar refractivity (Wildman–Crippen MR) is 81.6 cm³/mol. The number of hydrogen-bond acceptors (Lipinski definition) is 3. The maximum atomic E-state index is 12.7. The normalized spacial score (nSPS) is 13.2. The number of halogens is 1. The Hall–Kier alpha value is -1.36. The van der Waals surface area contributed by atoms with Gasteiger partial charge in [-0.05, 0) is 42.3 Å². The number of aryl methyl sites for hydroxylation is 1. The summed E-state index contributed by atoms with van der Waals surface area (Å²) in [6, 6.07) is 13.6. The van der Waals surface area contributed by atoms with Crippen LogP contribution in [0, 0.1) is 6.92 Å². The standard InChI is InChI=1S/C15H16ClNO2S/c1-11-4-2-3-5-14(11)15(10-17)20(18,19)13-8-6-12(16)7-9-13/h2-9,15H,10,17H2,1H3. The van der Waals surface area contributed by atoms with Gasteiger partial charge in [-0.1, -0.05) is 35.9 Å². The highest BCUT2D eigenvalue weighted by Gasteiger charge is 2.28. The minimum Gasteiger partial charge on any atom is -0.329 e. The summed E-state index contributed by atoms with van der Waals surface area (Å²) in [5.74, 6) is 0. The van der Waals surface area contributed by atoms with Gasteiger partial charge in [0.1, 0.15) is 5.25 Å². The molecule has 0 fully saturated rings. The van der Waals surface area contributed by atoms with Gasteiger partial charge in [-0.25, -0.2) is 8.42 Å². The molecule has 0 aliphatic rings. The first-order valence-corrected chi connectivity index (χ1v) is 8.14. The van der Waals surface area contributed by atoms with Crippen LogP contribution in [-0.4, -0.2) is 15.0 Å². The highest BCUT2D eigenvalue weighted by atomic mass is 35.5. The van der Waals surface area contributed by atoms with E-state index in [1.807, 2.05) is 25.1 Å². The smallest absolute Gasteiger partial charge is 0.186 e. The van der Waals surface area contributed by atoms with Gasteiger partial charge in [-0.15, -0.1) is 0 Å². The highest BCUT2D eigenvalue weighted by Crippen LogP contribution is 2.30. The largest absolute Gasteiger partial charge is 0.329 e. The molecule has 0 aliphatic heterocycles. The van der Waals surface area contributed by atoms with Crippen LogP contribution in [0.3, 0.4) is 0 Å². The van der Waals surface area contributed by atoms with E-state index in [9.17, 15) is 8.42 Å². The van der Waals surface area contributed by atoms with Gasteiger partial charge in [0.05, 0.1) is 4.90 Å². The Morgan fingerprint density at radius 1 is 1.10 bits per heavy atom. The van der Waals surface area contributed by atoms with Gasteiger partial charge in [0.15, 0.2) is 9.84 Å².